The second-order valence-electron chi connectivity index (χ2n) is 5.57. The number of esters is 1. The minimum Gasteiger partial charge on any atom is -0.480 e. The van der Waals surface area contributed by atoms with E-state index in [1.807, 2.05) is 0 Å². The Bertz CT molecular complexity index is 393. The van der Waals surface area contributed by atoms with Crippen molar-refractivity contribution >= 4 is 18.0 Å². The van der Waals surface area contributed by atoms with Crippen LogP contribution < -0.4 is 5.32 Å². The van der Waals surface area contributed by atoms with Crippen LogP contribution in [0.2, 0.25) is 0 Å². The van der Waals surface area contributed by atoms with Gasteiger partial charge in [0, 0.05) is 13.8 Å². The fourth-order valence-electron chi connectivity index (χ4n) is 2.08. The molecule has 0 unspecified atom stereocenters. The summed E-state index contributed by atoms with van der Waals surface area (Å²) in [4.78, 5) is 33.9. The average molecular weight is 317 g/mol. The fourth-order valence-corrected chi connectivity index (χ4v) is 2.08. The van der Waals surface area contributed by atoms with Gasteiger partial charge in [-0.1, -0.05) is 26.7 Å². The number of carbonyl (C=O) groups excluding carboxylic acids is 2. The van der Waals surface area contributed by atoms with Crippen molar-refractivity contribution in [3.8, 4) is 0 Å². The highest BCUT2D eigenvalue weighted by molar-refractivity contribution is 5.83. The number of alkyl carbamates (subject to hydrolysis) is 1. The zero-order chi connectivity index (χ0) is 17.3. The highest BCUT2D eigenvalue weighted by Crippen LogP contribution is 2.22. The first kappa shape index (κ1) is 20.2. The number of nitrogens with one attached hydrogen (secondary N) is 1. The molecule has 0 fully saturated rings. The zero-order valence-corrected chi connectivity index (χ0v) is 14.0. The molecule has 0 rings (SSSR count). The minimum absolute atomic E-state index is 0.297. The summed E-state index contributed by atoms with van der Waals surface area (Å²) in [6.07, 6.45) is 0.902. The molecule has 0 aromatic rings. The van der Waals surface area contributed by atoms with Crippen LogP contribution in [-0.2, 0) is 19.1 Å². The normalized spacial score (nSPS) is 14.8. The van der Waals surface area contributed by atoms with Crippen LogP contribution in [0.3, 0.4) is 0 Å². The molecule has 0 heterocycles. The van der Waals surface area contributed by atoms with E-state index in [1.54, 1.807) is 0 Å². The number of aliphatic carboxylic acids is 1. The van der Waals surface area contributed by atoms with Crippen molar-refractivity contribution in [2.75, 3.05) is 0 Å². The van der Waals surface area contributed by atoms with E-state index in [-0.39, 0.29) is 0 Å². The van der Waals surface area contributed by atoms with Crippen LogP contribution in [0, 0.1) is 5.92 Å². The van der Waals surface area contributed by atoms with Crippen molar-refractivity contribution in [3.05, 3.63) is 0 Å². The fraction of sp³-hybridized carbons (Fsp3) is 0.800. The van der Waals surface area contributed by atoms with Gasteiger partial charge in [-0.3, -0.25) is 4.79 Å². The Kier molecular flexibility index (Phi) is 8.52. The molecule has 2 N–H and O–H groups in total. The number of rotatable bonds is 9. The van der Waals surface area contributed by atoms with Gasteiger partial charge in [0.15, 0.2) is 0 Å². The average Bonchev–Trinajstić information content (AvgIpc) is 2.38. The van der Waals surface area contributed by atoms with Crippen LogP contribution in [0.25, 0.3) is 0 Å². The molecule has 128 valence electrons. The standard InChI is InChI=1S/C15H27NO6/c1-6-12(7-2)8-9-15(5,13(18)19)16-14(20)22-11(4)21-10(3)17/h11-12H,6-9H2,1-5H3,(H,16,20)(H,18,19)/t11-,15+/m1/s1. The second-order valence-corrected chi connectivity index (χ2v) is 5.57. The summed E-state index contributed by atoms with van der Waals surface area (Å²) in [6.45, 7) is 8.11. The van der Waals surface area contributed by atoms with Crippen molar-refractivity contribution in [2.24, 2.45) is 5.92 Å². The summed E-state index contributed by atoms with van der Waals surface area (Å²) in [7, 11) is 0. The number of hydrogen-bond acceptors (Lipinski definition) is 5. The Morgan fingerprint density at radius 3 is 2.14 bits per heavy atom. The third-order valence-corrected chi connectivity index (χ3v) is 3.66. The van der Waals surface area contributed by atoms with Gasteiger partial charge in [0.1, 0.15) is 5.54 Å². The molecular weight excluding hydrogens is 290 g/mol. The number of ether oxygens (including phenoxy) is 2. The lowest BCUT2D eigenvalue weighted by molar-refractivity contribution is -0.163. The van der Waals surface area contributed by atoms with Crippen molar-refractivity contribution in [1.82, 2.24) is 5.32 Å². The first-order valence-electron chi connectivity index (χ1n) is 7.54. The monoisotopic (exact) mass is 317 g/mol. The van der Waals surface area contributed by atoms with E-state index in [2.05, 4.69) is 23.9 Å². The van der Waals surface area contributed by atoms with E-state index < -0.39 is 29.9 Å². The van der Waals surface area contributed by atoms with Crippen LogP contribution in [0.15, 0.2) is 0 Å². The summed E-state index contributed by atoms with van der Waals surface area (Å²) in [5, 5.41) is 11.7. The van der Waals surface area contributed by atoms with Gasteiger partial charge in [-0.05, 0) is 25.7 Å². The number of hydrogen-bond donors (Lipinski definition) is 2. The number of amides is 1. The highest BCUT2D eigenvalue weighted by Gasteiger charge is 2.36. The minimum atomic E-state index is -1.42. The van der Waals surface area contributed by atoms with Gasteiger partial charge in [0.25, 0.3) is 0 Å². The zero-order valence-electron chi connectivity index (χ0n) is 14.0. The third-order valence-electron chi connectivity index (χ3n) is 3.66. The summed E-state index contributed by atoms with van der Waals surface area (Å²) in [5.41, 5.74) is -1.42. The van der Waals surface area contributed by atoms with Gasteiger partial charge in [0.05, 0.1) is 0 Å². The summed E-state index contributed by atoms with van der Waals surface area (Å²) >= 11 is 0. The van der Waals surface area contributed by atoms with Gasteiger partial charge >= 0.3 is 18.0 Å². The molecule has 22 heavy (non-hydrogen) atoms. The van der Waals surface area contributed by atoms with E-state index in [9.17, 15) is 19.5 Å². The highest BCUT2D eigenvalue weighted by atomic mass is 16.7. The maximum Gasteiger partial charge on any atom is 0.411 e. The first-order valence-corrected chi connectivity index (χ1v) is 7.54. The van der Waals surface area contributed by atoms with E-state index in [4.69, 9.17) is 4.74 Å². The Morgan fingerprint density at radius 1 is 1.18 bits per heavy atom. The molecule has 0 aliphatic carbocycles. The largest absolute Gasteiger partial charge is 0.480 e. The maximum atomic E-state index is 11.8. The summed E-state index contributed by atoms with van der Waals surface area (Å²) < 4.78 is 9.47. The van der Waals surface area contributed by atoms with Crippen molar-refractivity contribution in [1.29, 1.82) is 0 Å². The predicted octanol–water partition coefficient (Wildman–Crippen LogP) is 2.68. The number of carboxylic acid groups (broad SMARTS) is 1. The van der Waals surface area contributed by atoms with E-state index in [0.29, 0.717) is 18.8 Å². The van der Waals surface area contributed by atoms with E-state index in [0.717, 1.165) is 12.8 Å². The molecule has 7 nitrogen and oxygen atoms in total. The Balaban J connectivity index is 4.64. The molecule has 0 bridgehead atoms. The summed E-state index contributed by atoms with van der Waals surface area (Å²) in [5.74, 6) is -1.30. The quantitative estimate of drug-likeness (QED) is 0.501. The van der Waals surface area contributed by atoms with Gasteiger partial charge in [-0.15, -0.1) is 0 Å². The van der Waals surface area contributed by atoms with E-state index in [1.165, 1.54) is 20.8 Å². The molecule has 0 radical (unpaired) electrons. The molecule has 0 saturated carbocycles. The molecule has 1 amide bonds. The van der Waals surface area contributed by atoms with Gasteiger partial charge in [0.2, 0.25) is 6.29 Å². The van der Waals surface area contributed by atoms with Gasteiger partial charge in [-0.25, -0.2) is 9.59 Å². The molecule has 2 atom stereocenters. The molecule has 0 aromatic carbocycles. The molecule has 0 aliphatic rings. The van der Waals surface area contributed by atoms with Crippen LogP contribution in [0.1, 0.15) is 60.3 Å². The molecule has 0 aliphatic heterocycles. The van der Waals surface area contributed by atoms with Crippen LogP contribution >= 0.6 is 0 Å². The SMILES string of the molecule is CCC(CC)CC[C@](C)(NC(=O)O[C@H](C)OC(C)=O)C(=O)O. The smallest absolute Gasteiger partial charge is 0.411 e. The van der Waals surface area contributed by atoms with Crippen LogP contribution in [-0.4, -0.2) is 35.0 Å². The molecular formula is C15H27NO6. The predicted molar refractivity (Wildman–Crippen MR) is 80.2 cm³/mol. The Morgan fingerprint density at radius 2 is 1.73 bits per heavy atom. The topological polar surface area (TPSA) is 102 Å². The van der Waals surface area contributed by atoms with E-state index >= 15 is 0 Å². The Hall–Kier alpha value is -1.79. The second kappa shape index (κ2) is 9.27. The lowest BCUT2D eigenvalue weighted by Gasteiger charge is -2.28. The maximum absolute atomic E-state index is 11.8. The molecule has 0 saturated heterocycles. The van der Waals surface area contributed by atoms with Gasteiger partial charge < -0.3 is 19.9 Å². The Labute approximate surface area is 131 Å². The first-order chi connectivity index (χ1) is 10.1. The lowest BCUT2D eigenvalue weighted by atomic mass is 9.88. The third kappa shape index (κ3) is 7.28. The van der Waals surface area contributed by atoms with Crippen molar-refractivity contribution in [3.63, 3.8) is 0 Å². The molecule has 0 aromatic heterocycles. The number of carboxylic acids is 1. The van der Waals surface area contributed by atoms with Crippen LogP contribution in [0.5, 0.6) is 0 Å². The van der Waals surface area contributed by atoms with Crippen molar-refractivity contribution < 1.29 is 29.0 Å². The number of carbonyl (C=O) groups is 3. The van der Waals surface area contributed by atoms with Gasteiger partial charge in [-0.2, -0.15) is 0 Å². The summed E-state index contributed by atoms with van der Waals surface area (Å²) in [6, 6.07) is 0. The molecule has 7 heteroatoms. The molecule has 0 spiro atoms. The van der Waals surface area contributed by atoms with Crippen molar-refractivity contribution in [2.45, 2.75) is 72.1 Å². The van der Waals surface area contributed by atoms with Crippen LogP contribution in [0.4, 0.5) is 4.79 Å². The lowest BCUT2D eigenvalue weighted by Crippen LogP contribution is -2.53.